The molecule has 3 aromatic heterocycles. The summed E-state index contributed by atoms with van der Waals surface area (Å²) < 4.78 is 20.9. The van der Waals surface area contributed by atoms with Gasteiger partial charge in [-0.2, -0.15) is 5.10 Å². The van der Waals surface area contributed by atoms with Crippen molar-refractivity contribution in [1.29, 1.82) is 0 Å². The lowest BCUT2D eigenvalue weighted by Gasteiger charge is -2.38. The summed E-state index contributed by atoms with van der Waals surface area (Å²) in [4.78, 5) is 61.0. The molecular formula is C46H46N6O10. The van der Waals surface area contributed by atoms with Crippen LogP contribution in [0.15, 0.2) is 70.3 Å². The van der Waals surface area contributed by atoms with Crippen LogP contribution in [-0.4, -0.2) is 75.8 Å². The van der Waals surface area contributed by atoms with E-state index in [4.69, 9.17) is 19.2 Å². The number of fused-ring (bicyclic) bond motifs is 5. The largest absolute Gasteiger partial charge is 0.508 e. The first kappa shape index (κ1) is 40.5. The smallest absolute Gasteiger partial charge is 0.411 e. The summed E-state index contributed by atoms with van der Waals surface area (Å²) in [6.07, 6.45) is 0.847. The number of benzene rings is 3. The van der Waals surface area contributed by atoms with Crippen LogP contribution < -0.4 is 11.2 Å². The molecule has 1 fully saturated rings. The summed E-state index contributed by atoms with van der Waals surface area (Å²) in [6.45, 7) is 8.48. The van der Waals surface area contributed by atoms with Crippen molar-refractivity contribution in [3.05, 3.63) is 115 Å². The molecule has 3 aromatic carbocycles. The molecule has 16 nitrogen and oxygen atoms in total. The summed E-state index contributed by atoms with van der Waals surface area (Å²) in [5.74, 6) is -0.711. The van der Waals surface area contributed by atoms with E-state index in [-0.39, 0.29) is 72.4 Å². The number of amides is 1. The van der Waals surface area contributed by atoms with Crippen molar-refractivity contribution >= 4 is 23.0 Å². The number of esters is 1. The van der Waals surface area contributed by atoms with Gasteiger partial charge in [0.2, 0.25) is 5.60 Å². The molecule has 0 aliphatic carbocycles. The number of nitrogens with zero attached hydrogens (tertiary/aromatic N) is 5. The number of aryl methyl sites for hydroxylation is 1. The van der Waals surface area contributed by atoms with E-state index in [0.29, 0.717) is 71.6 Å². The van der Waals surface area contributed by atoms with Crippen molar-refractivity contribution in [2.45, 2.75) is 90.8 Å². The van der Waals surface area contributed by atoms with Crippen LogP contribution in [0.1, 0.15) is 86.3 Å². The second kappa shape index (κ2) is 15.5. The number of aromatic nitrogens is 5. The molecule has 9 rings (SSSR count). The van der Waals surface area contributed by atoms with E-state index >= 15 is 0 Å². The number of hydrogen-bond donors (Lipinski definition) is 4. The maximum Gasteiger partial charge on any atom is 0.411 e. The third kappa shape index (κ3) is 6.65. The van der Waals surface area contributed by atoms with Crippen LogP contribution in [0, 0.1) is 0 Å². The zero-order chi connectivity index (χ0) is 43.6. The van der Waals surface area contributed by atoms with Crippen LogP contribution in [0.25, 0.3) is 39.4 Å². The second-order valence-corrected chi connectivity index (χ2v) is 16.3. The van der Waals surface area contributed by atoms with Gasteiger partial charge in [0.25, 0.3) is 5.56 Å². The molecule has 6 aromatic rings. The molecule has 3 aliphatic rings. The normalized spacial score (nSPS) is 17.2. The number of ether oxygens (including phenoxy) is 3. The average Bonchev–Trinajstić information content (AvgIpc) is 3.83. The maximum absolute atomic E-state index is 14.1. The van der Waals surface area contributed by atoms with E-state index < -0.39 is 23.4 Å². The zero-order valence-electron chi connectivity index (χ0n) is 34.7. The number of piperidine rings is 1. The van der Waals surface area contributed by atoms with Gasteiger partial charge in [-0.3, -0.25) is 4.79 Å². The number of aromatic hydroxyl groups is 3. The number of carbonyl (C=O) groups excluding carboxylic acids is 2. The predicted octanol–water partition coefficient (Wildman–Crippen LogP) is 6.25. The Balaban J connectivity index is 0.879. The van der Waals surface area contributed by atoms with Crippen molar-refractivity contribution in [3.63, 3.8) is 0 Å². The molecule has 1 saturated heterocycles. The number of carbonyl (C=O) groups is 2. The van der Waals surface area contributed by atoms with Crippen LogP contribution in [-0.2, 0) is 50.8 Å². The van der Waals surface area contributed by atoms with Gasteiger partial charge < -0.3 is 39.0 Å². The summed E-state index contributed by atoms with van der Waals surface area (Å²) in [5, 5.41) is 38.6. The minimum atomic E-state index is -1.85. The van der Waals surface area contributed by atoms with E-state index in [2.05, 4.69) is 10.2 Å². The topological polar surface area (TPSA) is 211 Å². The third-order valence-electron chi connectivity index (χ3n) is 12.4. The standard InChI is InChI=1S/C46H46N6O10/c1-5-29-31-17-27(53)11-12-36(31)47-40-33(29)21-51-37(40)19-35-34(42(51)56)23-61-43(57)46(35,6-2)62-45(59)50-15-13-28(14-16-50)60-22-25-7-9-26(10-8-25)52-41(48-49-44(52)58)32-18-30(24(3)4)38(54)20-39(32)55/h7-12,17-20,24,28,53-55H,5-6,13-16,21-23H2,1-4H3,(H,49,58)/t46-/m0/s1. The number of hydrogen-bond acceptors (Lipinski definition) is 12. The SMILES string of the molecule is CCc1c2c(nc3ccc(O)cc13)-c1cc3c(c(=O)n1C2)COC(=O)[C@@]3(CC)OC(=O)N1CCC(OCc2ccc(-n3c(-c4cc(C(C)C)c(O)cc4O)n[nH]c3=O)cc2)CC1. The first-order valence-electron chi connectivity index (χ1n) is 20.8. The first-order valence-corrected chi connectivity index (χ1v) is 20.8. The maximum atomic E-state index is 14.1. The van der Waals surface area contributed by atoms with E-state index in [1.807, 2.05) is 32.9 Å². The van der Waals surface area contributed by atoms with Crippen molar-refractivity contribution in [3.8, 4) is 45.7 Å². The van der Waals surface area contributed by atoms with Gasteiger partial charge in [-0.1, -0.05) is 39.8 Å². The van der Waals surface area contributed by atoms with Gasteiger partial charge in [0.15, 0.2) is 5.82 Å². The molecule has 3 aliphatic heterocycles. The first-order chi connectivity index (χ1) is 29.8. The molecule has 0 radical (unpaired) electrons. The van der Waals surface area contributed by atoms with Crippen LogP contribution >= 0.6 is 0 Å². The highest BCUT2D eigenvalue weighted by Crippen LogP contribution is 2.43. The molecule has 0 unspecified atom stereocenters. The molecule has 4 N–H and O–H groups in total. The van der Waals surface area contributed by atoms with E-state index in [9.17, 15) is 34.5 Å². The molecule has 0 bridgehead atoms. The number of pyridine rings is 2. The number of rotatable bonds is 9. The number of H-pyrrole nitrogens is 1. The predicted molar refractivity (Wildman–Crippen MR) is 226 cm³/mol. The zero-order valence-corrected chi connectivity index (χ0v) is 34.7. The van der Waals surface area contributed by atoms with Crippen molar-refractivity contribution < 1.29 is 39.1 Å². The fraction of sp³-hybridized carbons (Fsp3) is 0.348. The van der Waals surface area contributed by atoms with Crippen molar-refractivity contribution in [1.82, 2.24) is 29.2 Å². The van der Waals surface area contributed by atoms with Crippen molar-refractivity contribution in [2.24, 2.45) is 0 Å². The number of phenolic OH excluding ortho intramolecular Hbond substituents is 3. The summed E-state index contributed by atoms with van der Waals surface area (Å²) in [5.41, 5.74) is 3.79. The van der Waals surface area contributed by atoms with E-state index in [1.165, 1.54) is 15.5 Å². The fourth-order valence-electron chi connectivity index (χ4n) is 9.04. The Morgan fingerprint density at radius 3 is 2.44 bits per heavy atom. The number of nitrogens with one attached hydrogen (secondary N) is 1. The Labute approximate surface area is 354 Å². The van der Waals surface area contributed by atoms with Gasteiger partial charge in [-0.25, -0.2) is 29.0 Å². The summed E-state index contributed by atoms with van der Waals surface area (Å²) >= 11 is 0. The molecule has 6 heterocycles. The van der Waals surface area contributed by atoms with Gasteiger partial charge in [-0.15, -0.1) is 0 Å². The molecule has 0 saturated carbocycles. The molecule has 1 amide bonds. The van der Waals surface area contributed by atoms with Crippen LogP contribution in [0.2, 0.25) is 0 Å². The molecule has 16 heteroatoms. The van der Waals surface area contributed by atoms with Crippen LogP contribution in [0.3, 0.4) is 0 Å². The van der Waals surface area contributed by atoms with Gasteiger partial charge in [-0.05, 0) is 90.8 Å². The minimum Gasteiger partial charge on any atom is -0.508 e. The Morgan fingerprint density at radius 1 is 0.968 bits per heavy atom. The summed E-state index contributed by atoms with van der Waals surface area (Å²) in [7, 11) is 0. The van der Waals surface area contributed by atoms with E-state index in [1.54, 1.807) is 54.0 Å². The Kier molecular flexibility index (Phi) is 10.1. The lowest BCUT2D eigenvalue weighted by molar-refractivity contribution is -0.174. The Morgan fingerprint density at radius 2 is 1.73 bits per heavy atom. The Hall–Kier alpha value is -6.94. The van der Waals surface area contributed by atoms with Gasteiger partial charge in [0, 0.05) is 35.7 Å². The molecule has 320 valence electrons. The van der Waals surface area contributed by atoms with E-state index in [0.717, 1.165) is 22.1 Å². The lowest BCUT2D eigenvalue weighted by Crippen LogP contribution is -2.51. The van der Waals surface area contributed by atoms with Gasteiger partial charge in [0.05, 0.1) is 53.0 Å². The summed E-state index contributed by atoms with van der Waals surface area (Å²) in [6, 6.07) is 16.8. The monoisotopic (exact) mass is 842 g/mol. The number of likely N-dealkylation sites (tertiary alicyclic amines) is 1. The fourth-order valence-corrected chi connectivity index (χ4v) is 9.04. The molecule has 62 heavy (non-hydrogen) atoms. The highest BCUT2D eigenvalue weighted by atomic mass is 16.6. The quantitative estimate of drug-likeness (QED) is 0.119. The minimum absolute atomic E-state index is 0.0368. The third-order valence-corrected chi connectivity index (χ3v) is 12.4. The second-order valence-electron chi connectivity index (χ2n) is 16.3. The average molecular weight is 843 g/mol. The molecule has 0 spiro atoms. The van der Waals surface area contributed by atoms with Gasteiger partial charge in [0.1, 0.15) is 23.9 Å². The van der Waals surface area contributed by atoms with Crippen LogP contribution in [0.4, 0.5) is 4.79 Å². The highest BCUT2D eigenvalue weighted by Gasteiger charge is 2.51. The Bertz CT molecular complexity index is 2910. The number of aromatic amines is 1. The number of phenols is 3. The lowest BCUT2D eigenvalue weighted by atomic mass is 9.85. The highest BCUT2D eigenvalue weighted by molar-refractivity contribution is 5.90. The molecule has 1 atom stereocenters. The van der Waals surface area contributed by atoms with Crippen molar-refractivity contribution in [2.75, 3.05) is 13.1 Å². The number of cyclic esters (lactones) is 1. The van der Waals surface area contributed by atoms with Crippen LogP contribution in [0.5, 0.6) is 17.2 Å². The molecular weight excluding hydrogens is 797 g/mol. The van der Waals surface area contributed by atoms with Gasteiger partial charge >= 0.3 is 17.8 Å².